The van der Waals surface area contributed by atoms with Gasteiger partial charge >= 0.3 is 17.9 Å². The summed E-state index contributed by atoms with van der Waals surface area (Å²) in [6, 6.07) is -1.92. The molecule has 3 heterocycles. The van der Waals surface area contributed by atoms with Gasteiger partial charge in [0.25, 0.3) is 0 Å². The van der Waals surface area contributed by atoms with E-state index in [-0.39, 0.29) is 67.1 Å². The van der Waals surface area contributed by atoms with E-state index in [1.54, 1.807) is 0 Å². The molecule has 0 bridgehead atoms. The number of rotatable bonds is 3. The van der Waals surface area contributed by atoms with E-state index in [9.17, 15) is 28.8 Å². The van der Waals surface area contributed by atoms with Crippen LogP contribution in [0.2, 0.25) is 0 Å². The van der Waals surface area contributed by atoms with Gasteiger partial charge in [-0.3, -0.25) is 14.4 Å². The van der Waals surface area contributed by atoms with Gasteiger partial charge in [-0.1, -0.05) is 0 Å². The third kappa shape index (κ3) is 9.55. The van der Waals surface area contributed by atoms with E-state index in [1.807, 2.05) is 0 Å². The van der Waals surface area contributed by atoms with Crippen molar-refractivity contribution in [1.82, 2.24) is 16.0 Å². The average molecular weight is 539 g/mol. The van der Waals surface area contributed by atoms with Gasteiger partial charge in [0.15, 0.2) is 0 Å². The molecule has 1 radical (unpaired) electrons. The zero-order chi connectivity index (χ0) is 20.6. The molecule has 13 heteroatoms. The number of hydrogen-bond donors (Lipinski definition) is 6. The molecule has 0 spiro atoms. The Bertz CT molecular complexity index is 555. The van der Waals surface area contributed by atoms with E-state index in [0.29, 0.717) is 38.5 Å². The number of nitrogens with one attached hydrogen (secondary N) is 3. The third-order valence-corrected chi connectivity index (χ3v) is 3.88. The van der Waals surface area contributed by atoms with Crippen molar-refractivity contribution in [2.24, 2.45) is 0 Å². The molecule has 0 unspecified atom stereocenters. The minimum absolute atomic E-state index is 0. The van der Waals surface area contributed by atoms with Crippen LogP contribution in [0.5, 0.6) is 0 Å². The van der Waals surface area contributed by atoms with Crippen molar-refractivity contribution in [2.45, 2.75) is 56.7 Å². The van der Waals surface area contributed by atoms with Crippen molar-refractivity contribution in [1.29, 1.82) is 0 Å². The maximum Gasteiger partial charge on any atom is 0.326 e. The molecule has 6 N–H and O–H groups in total. The molecule has 0 aromatic carbocycles. The van der Waals surface area contributed by atoms with E-state index in [0.717, 1.165) is 0 Å². The maximum atomic E-state index is 10.4. The molecule has 0 saturated carbocycles. The molecular formula is C15H21EuN3O9. The summed E-state index contributed by atoms with van der Waals surface area (Å²) in [6.45, 7) is 0. The Morgan fingerprint density at radius 2 is 0.821 bits per heavy atom. The fourth-order valence-electron chi connectivity index (χ4n) is 2.40. The Labute approximate surface area is 200 Å². The van der Waals surface area contributed by atoms with Gasteiger partial charge in [0.1, 0.15) is 18.1 Å². The first-order chi connectivity index (χ1) is 12.6. The summed E-state index contributed by atoms with van der Waals surface area (Å²) in [4.78, 5) is 61.5. The molecule has 3 aliphatic heterocycles. The maximum absolute atomic E-state index is 10.4. The van der Waals surface area contributed by atoms with Crippen molar-refractivity contribution in [3.05, 3.63) is 0 Å². The monoisotopic (exact) mass is 540 g/mol. The van der Waals surface area contributed by atoms with E-state index in [1.165, 1.54) is 0 Å². The summed E-state index contributed by atoms with van der Waals surface area (Å²) >= 11 is 0. The summed E-state index contributed by atoms with van der Waals surface area (Å²) in [6.07, 6.45) is 2.31. The first kappa shape index (κ1) is 26.4. The number of hydrogen-bond acceptors (Lipinski definition) is 6. The molecule has 157 valence electrons. The van der Waals surface area contributed by atoms with Crippen LogP contribution in [-0.2, 0) is 28.8 Å². The average Bonchev–Trinajstić information content (AvgIpc) is 3.30. The Morgan fingerprint density at radius 3 is 0.893 bits per heavy atom. The Balaban J connectivity index is 0.000000384. The molecular weight excluding hydrogens is 518 g/mol. The predicted molar refractivity (Wildman–Crippen MR) is 86.4 cm³/mol. The van der Waals surface area contributed by atoms with Gasteiger partial charge < -0.3 is 31.3 Å². The molecule has 3 saturated heterocycles. The number of carboxylic acids is 3. The second-order valence-corrected chi connectivity index (χ2v) is 5.99. The van der Waals surface area contributed by atoms with Gasteiger partial charge in [-0.2, -0.15) is 0 Å². The zero-order valence-electron chi connectivity index (χ0n) is 14.6. The van der Waals surface area contributed by atoms with Crippen LogP contribution in [0.3, 0.4) is 0 Å². The van der Waals surface area contributed by atoms with Gasteiger partial charge in [0.2, 0.25) is 17.7 Å². The summed E-state index contributed by atoms with van der Waals surface area (Å²) in [5.74, 6) is -3.32. The Morgan fingerprint density at radius 1 is 0.607 bits per heavy atom. The van der Waals surface area contributed by atoms with Crippen molar-refractivity contribution in [2.75, 3.05) is 0 Å². The van der Waals surface area contributed by atoms with Gasteiger partial charge in [-0.05, 0) is 19.3 Å². The van der Waals surface area contributed by atoms with Crippen molar-refractivity contribution in [3.8, 4) is 0 Å². The minimum Gasteiger partial charge on any atom is -0.480 e. The van der Waals surface area contributed by atoms with Crippen LogP contribution >= 0.6 is 0 Å². The fraction of sp³-hybridized carbons (Fsp3) is 0.600. The van der Waals surface area contributed by atoms with Gasteiger partial charge in [-0.25, -0.2) is 14.4 Å². The second kappa shape index (κ2) is 12.8. The van der Waals surface area contributed by atoms with Crippen LogP contribution in [-0.4, -0.2) is 69.1 Å². The van der Waals surface area contributed by atoms with E-state index >= 15 is 0 Å². The molecule has 3 atom stereocenters. The Kier molecular flexibility index (Phi) is 12.1. The van der Waals surface area contributed by atoms with Crippen molar-refractivity contribution < 1.29 is 93.5 Å². The van der Waals surface area contributed by atoms with Crippen LogP contribution in [0.1, 0.15) is 38.5 Å². The number of carbonyl (C=O) groups is 6. The topological polar surface area (TPSA) is 199 Å². The molecule has 0 aliphatic carbocycles. The van der Waals surface area contributed by atoms with Gasteiger partial charge in [-0.15, -0.1) is 0 Å². The molecule has 12 nitrogen and oxygen atoms in total. The largest absolute Gasteiger partial charge is 0.480 e. The summed E-state index contributed by atoms with van der Waals surface area (Å²) in [5, 5.41) is 31.9. The molecule has 3 amide bonds. The first-order valence-electron chi connectivity index (χ1n) is 8.16. The second-order valence-electron chi connectivity index (χ2n) is 5.99. The summed E-state index contributed by atoms with van der Waals surface area (Å²) < 4.78 is 0. The van der Waals surface area contributed by atoms with Crippen LogP contribution in [0, 0.1) is 49.4 Å². The van der Waals surface area contributed by atoms with Gasteiger partial charge in [0.05, 0.1) is 0 Å². The molecule has 3 rings (SSSR count). The molecule has 3 aliphatic rings. The Hall–Kier alpha value is -1.60. The van der Waals surface area contributed by atoms with Crippen LogP contribution in [0.15, 0.2) is 0 Å². The molecule has 28 heavy (non-hydrogen) atoms. The van der Waals surface area contributed by atoms with E-state index < -0.39 is 36.0 Å². The summed E-state index contributed by atoms with van der Waals surface area (Å²) in [7, 11) is 0. The van der Waals surface area contributed by atoms with Crippen LogP contribution in [0.4, 0.5) is 0 Å². The number of carboxylic acid groups (broad SMARTS) is 3. The van der Waals surface area contributed by atoms with E-state index in [2.05, 4.69) is 16.0 Å². The normalized spacial score (nSPS) is 24.9. The number of aliphatic carboxylic acids is 3. The SMILES string of the molecule is O=C1CC[C@@H](C(=O)O)N1.O=C1CC[C@@H](C(=O)O)N1.O=C1CC[C@@H](C(=O)O)N1.[Eu]. The molecule has 0 aromatic heterocycles. The third-order valence-electron chi connectivity index (χ3n) is 3.88. The zero-order valence-corrected chi connectivity index (χ0v) is 17.1. The predicted octanol–water partition coefficient (Wildman–Crippen LogP) is -1.95. The van der Waals surface area contributed by atoms with Crippen LogP contribution in [0.25, 0.3) is 0 Å². The standard InChI is InChI=1S/3C5H7NO3.Eu/c3*7-4-2-1-3(6-4)5(8)9;/h3*3H,1-2H2,(H,6,7)(H,8,9);/t3*3-;/m000./s1. The van der Waals surface area contributed by atoms with Gasteiger partial charge in [0, 0.05) is 68.6 Å². The van der Waals surface area contributed by atoms with Crippen molar-refractivity contribution >= 4 is 35.6 Å². The quantitative estimate of drug-likeness (QED) is 0.236. The van der Waals surface area contributed by atoms with Crippen molar-refractivity contribution in [3.63, 3.8) is 0 Å². The molecule has 0 aromatic rings. The summed E-state index contributed by atoms with van der Waals surface area (Å²) in [5.41, 5.74) is 0. The van der Waals surface area contributed by atoms with Crippen LogP contribution < -0.4 is 16.0 Å². The minimum atomic E-state index is -0.944. The smallest absolute Gasteiger partial charge is 0.326 e. The molecule has 3 fully saturated rings. The number of amides is 3. The fourth-order valence-corrected chi connectivity index (χ4v) is 2.40. The number of carbonyl (C=O) groups excluding carboxylic acids is 3. The van der Waals surface area contributed by atoms with E-state index in [4.69, 9.17) is 15.3 Å². The first-order valence-corrected chi connectivity index (χ1v) is 8.16.